The molecule has 0 aliphatic carbocycles. The normalized spacial score (nSPS) is 15.4. The van der Waals surface area contributed by atoms with Crippen LogP contribution in [0.3, 0.4) is 0 Å². The minimum absolute atomic E-state index is 0.253. The maximum atomic E-state index is 12.7. The second-order valence-corrected chi connectivity index (χ2v) is 7.04. The van der Waals surface area contributed by atoms with Crippen molar-refractivity contribution in [3.05, 3.63) is 65.7 Å². The molecule has 0 bridgehead atoms. The van der Waals surface area contributed by atoms with Crippen LogP contribution in [0.2, 0.25) is 0 Å². The van der Waals surface area contributed by atoms with E-state index in [1.54, 1.807) is 12.1 Å². The number of carbonyl (C=O) groups is 1. The molecule has 1 saturated heterocycles. The maximum absolute atomic E-state index is 12.7. The molecule has 1 aliphatic heterocycles. The van der Waals surface area contributed by atoms with Crippen molar-refractivity contribution < 1.29 is 14.3 Å². The molecule has 2 aromatic carbocycles. The van der Waals surface area contributed by atoms with Crippen molar-refractivity contribution in [1.29, 1.82) is 0 Å². The molecule has 4 heteroatoms. The summed E-state index contributed by atoms with van der Waals surface area (Å²) < 4.78 is 11.6. The van der Waals surface area contributed by atoms with Crippen LogP contribution in [0.15, 0.2) is 54.6 Å². The minimum Gasteiger partial charge on any atom is -0.494 e. The predicted octanol–water partition coefficient (Wildman–Crippen LogP) is 4.86. The lowest BCUT2D eigenvalue weighted by atomic mass is 10.1. The van der Waals surface area contributed by atoms with Crippen molar-refractivity contribution in [2.24, 2.45) is 0 Å². The molecule has 2 aromatic rings. The Morgan fingerprint density at radius 3 is 2.41 bits per heavy atom. The fraction of sp³-hybridized carbons (Fsp3) is 0.435. The summed E-state index contributed by atoms with van der Waals surface area (Å²) in [7, 11) is 0. The molecule has 144 valence electrons. The minimum atomic E-state index is -0.289. The van der Waals surface area contributed by atoms with Crippen LogP contribution in [0.25, 0.3) is 0 Å². The van der Waals surface area contributed by atoms with Gasteiger partial charge in [-0.25, -0.2) is 4.79 Å². The van der Waals surface area contributed by atoms with Gasteiger partial charge in [-0.2, -0.15) is 0 Å². The van der Waals surface area contributed by atoms with E-state index in [0.717, 1.165) is 43.8 Å². The number of ether oxygens (including phenoxy) is 2. The smallest absolute Gasteiger partial charge is 0.338 e. The van der Waals surface area contributed by atoms with Crippen LogP contribution in [-0.4, -0.2) is 37.1 Å². The van der Waals surface area contributed by atoms with Crippen LogP contribution in [-0.2, 0) is 4.74 Å². The lowest BCUT2D eigenvalue weighted by molar-refractivity contribution is 0.0216. The first-order valence-corrected chi connectivity index (χ1v) is 9.97. The highest BCUT2D eigenvalue weighted by Crippen LogP contribution is 2.23. The van der Waals surface area contributed by atoms with Gasteiger partial charge in [-0.3, -0.25) is 4.90 Å². The fourth-order valence-corrected chi connectivity index (χ4v) is 3.30. The van der Waals surface area contributed by atoms with E-state index in [1.165, 1.54) is 12.8 Å². The summed E-state index contributed by atoms with van der Waals surface area (Å²) in [4.78, 5) is 15.1. The van der Waals surface area contributed by atoms with Gasteiger partial charge in [0.2, 0.25) is 0 Å². The van der Waals surface area contributed by atoms with Crippen molar-refractivity contribution in [2.45, 2.75) is 38.7 Å². The zero-order chi connectivity index (χ0) is 18.9. The fourth-order valence-electron chi connectivity index (χ4n) is 3.30. The Hall–Kier alpha value is -2.33. The Morgan fingerprint density at radius 2 is 1.74 bits per heavy atom. The van der Waals surface area contributed by atoms with Gasteiger partial charge in [0.15, 0.2) is 0 Å². The number of nitrogens with zero attached hydrogens (tertiary/aromatic N) is 1. The van der Waals surface area contributed by atoms with E-state index in [9.17, 15) is 4.79 Å². The number of likely N-dealkylation sites (tertiary alicyclic amines) is 1. The van der Waals surface area contributed by atoms with Gasteiger partial charge in [0.25, 0.3) is 0 Å². The van der Waals surface area contributed by atoms with E-state index in [2.05, 4.69) is 11.8 Å². The zero-order valence-corrected chi connectivity index (χ0v) is 16.1. The third-order valence-corrected chi connectivity index (χ3v) is 4.90. The van der Waals surface area contributed by atoms with E-state index >= 15 is 0 Å². The maximum Gasteiger partial charge on any atom is 0.338 e. The van der Waals surface area contributed by atoms with E-state index in [1.807, 2.05) is 42.5 Å². The average molecular weight is 367 g/mol. The molecule has 0 amide bonds. The number of hydrogen-bond donors (Lipinski definition) is 0. The van der Waals surface area contributed by atoms with Gasteiger partial charge in [-0.1, -0.05) is 43.7 Å². The number of esters is 1. The highest BCUT2D eigenvalue weighted by molar-refractivity contribution is 5.89. The van der Waals surface area contributed by atoms with Crippen molar-refractivity contribution in [2.75, 3.05) is 26.2 Å². The van der Waals surface area contributed by atoms with Crippen molar-refractivity contribution in [3.63, 3.8) is 0 Å². The predicted molar refractivity (Wildman–Crippen MR) is 107 cm³/mol. The molecule has 0 spiro atoms. The number of unbranched alkanes of at least 4 members (excludes halogenated alkanes) is 1. The Balaban J connectivity index is 1.64. The lowest BCUT2D eigenvalue weighted by Gasteiger charge is -2.24. The zero-order valence-electron chi connectivity index (χ0n) is 16.1. The molecular formula is C23H29NO3. The second kappa shape index (κ2) is 10.1. The molecule has 27 heavy (non-hydrogen) atoms. The highest BCUT2D eigenvalue weighted by Gasteiger charge is 2.23. The van der Waals surface area contributed by atoms with Crippen LogP contribution in [0, 0.1) is 0 Å². The van der Waals surface area contributed by atoms with Gasteiger partial charge in [0.1, 0.15) is 11.9 Å². The Bertz CT molecular complexity index is 693. The second-order valence-electron chi connectivity index (χ2n) is 7.04. The first-order chi connectivity index (χ1) is 13.3. The number of rotatable bonds is 9. The summed E-state index contributed by atoms with van der Waals surface area (Å²) >= 11 is 0. The van der Waals surface area contributed by atoms with Crippen LogP contribution in [0.4, 0.5) is 0 Å². The molecule has 1 heterocycles. The third kappa shape index (κ3) is 5.83. The Kier molecular flexibility index (Phi) is 7.28. The van der Waals surface area contributed by atoms with Crippen LogP contribution < -0.4 is 4.74 Å². The summed E-state index contributed by atoms with van der Waals surface area (Å²) in [5, 5.41) is 0. The van der Waals surface area contributed by atoms with Crippen molar-refractivity contribution in [3.8, 4) is 5.75 Å². The number of carbonyl (C=O) groups excluding carboxylic acids is 1. The molecular weight excluding hydrogens is 338 g/mol. The SMILES string of the molecule is CCCCOc1ccc(C(=O)OC(CN2CCCC2)c2ccccc2)cc1. The van der Waals surface area contributed by atoms with Crippen LogP contribution in [0.5, 0.6) is 5.75 Å². The molecule has 0 radical (unpaired) electrons. The van der Waals surface area contributed by atoms with E-state index < -0.39 is 0 Å². The van der Waals surface area contributed by atoms with Crippen LogP contribution >= 0.6 is 0 Å². The molecule has 0 N–H and O–H groups in total. The quantitative estimate of drug-likeness (QED) is 0.469. The lowest BCUT2D eigenvalue weighted by Crippen LogP contribution is -2.28. The van der Waals surface area contributed by atoms with E-state index in [0.29, 0.717) is 12.2 Å². The van der Waals surface area contributed by atoms with Gasteiger partial charge >= 0.3 is 5.97 Å². The summed E-state index contributed by atoms with van der Waals surface area (Å²) in [6.45, 7) is 5.73. The van der Waals surface area contributed by atoms with Gasteiger partial charge in [-0.05, 0) is 62.2 Å². The van der Waals surface area contributed by atoms with Gasteiger partial charge < -0.3 is 9.47 Å². The van der Waals surface area contributed by atoms with E-state index in [-0.39, 0.29) is 12.1 Å². The average Bonchev–Trinajstić information content (AvgIpc) is 3.22. The number of hydrogen-bond acceptors (Lipinski definition) is 4. The summed E-state index contributed by atoms with van der Waals surface area (Å²) in [5.74, 6) is 0.500. The van der Waals surface area contributed by atoms with Gasteiger partial charge in [0, 0.05) is 6.54 Å². The highest BCUT2D eigenvalue weighted by atomic mass is 16.5. The monoisotopic (exact) mass is 367 g/mol. The topological polar surface area (TPSA) is 38.8 Å². The summed E-state index contributed by atoms with van der Waals surface area (Å²) in [6, 6.07) is 17.2. The molecule has 0 saturated carbocycles. The number of benzene rings is 2. The van der Waals surface area contributed by atoms with Crippen LogP contribution in [0.1, 0.15) is 54.6 Å². The molecule has 1 atom stereocenters. The van der Waals surface area contributed by atoms with Gasteiger partial charge in [0.05, 0.1) is 12.2 Å². The molecule has 1 fully saturated rings. The third-order valence-electron chi connectivity index (χ3n) is 4.90. The summed E-state index contributed by atoms with van der Waals surface area (Å²) in [6.07, 6.45) is 4.31. The molecule has 3 rings (SSSR count). The molecule has 0 aromatic heterocycles. The van der Waals surface area contributed by atoms with Gasteiger partial charge in [-0.15, -0.1) is 0 Å². The Labute approximate surface area is 162 Å². The largest absolute Gasteiger partial charge is 0.494 e. The van der Waals surface area contributed by atoms with E-state index in [4.69, 9.17) is 9.47 Å². The first-order valence-electron chi connectivity index (χ1n) is 9.97. The molecule has 1 aliphatic rings. The van der Waals surface area contributed by atoms with Crippen molar-refractivity contribution >= 4 is 5.97 Å². The van der Waals surface area contributed by atoms with Crippen molar-refractivity contribution in [1.82, 2.24) is 4.90 Å². The summed E-state index contributed by atoms with van der Waals surface area (Å²) in [5.41, 5.74) is 1.59. The Morgan fingerprint density at radius 1 is 1.04 bits per heavy atom. The molecule has 1 unspecified atom stereocenters. The molecule has 4 nitrogen and oxygen atoms in total. The first kappa shape index (κ1) is 19.4. The standard InChI is InChI=1S/C23H29NO3/c1-2-3-17-26-21-13-11-20(12-14-21)23(25)27-22(18-24-15-7-8-16-24)19-9-5-4-6-10-19/h4-6,9-14,22H,2-3,7-8,15-18H2,1H3.